The van der Waals surface area contributed by atoms with Crippen molar-refractivity contribution in [2.45, 2.75) is 0 Å². The van der Waals surface area contributed by atoms with Crippen LogP contribution in [0.4, 0.5) is 5.69 Å². The molecule has 0 bridgehead atoms. The molecule has 0 saturated carbocycles. The highest BCUT2D eigenvalue weighted by Gasteiger charge is 2.14. The second-order valence-electron chi connectivity index (χ2n) is 4.32. The van der Waals surface area contributed by atoms with Crippen molar-refractivity contribution in [3.8, 4) is 0 Å². The third-order valence-electron chi connectivity index (χ3n) is 2.77. The Hall–Kier alpha value is -2.24. The van der Waals surface area contributed by atoms with Crippen LogP contribution in [0.25, 0.3) is 0 Å². The van der Waals surface area contributed by atoms with E-state index in [9.17, 15) is 14.9 Å². The molecule has 0 heterocycles. The molecule has 0 spiro atoms. The zero-order chi connectivity index (χ0) is 16.1. The Balaban J connectivity index is 2.38. The number of hydrogen-bond acceptors (Lipinski definition) is 4. The third-order valence-corrected chi connectivity index (χ3v) is 3.26. The molecule has 0 aliphatic rings. The number of hydrogen-bond donors (Lipinski definition) is 0. The lowest BCUT2D eigenvalue weighted by atomic mass is 10.0. The Morgan fingerprint density at radius 2 is 1.77 bits per heavy atom. The molecule has 0 atom stereocenters. The van der Waals surface area contributed by atoms with Gasteiger partial charge >= 0.3 is 0 Å². The van der Waals surface area contributed by atoms with Gasteiger partial charge in [-0.05, 0) is 42.5 Å². The summed E-state index contributed by atoms with van der Waals surface area (Å²) >= 11 is 11.7. The molecule has 0 unspecified atom stereocenters. The van der Waals surface area contributed by atoms with Gasteiger partial charge in [0.05, 0.1) is 11.9 Å². The van der Waals surface area contributed by atoms with Crippen molar-refractivity contribution in [1.29, 1.82) is 0 Å². The average Bonchev–Trinajstić information content (AvgIpc) is 2.48. The fourth-order valence-electron chi connectivity index (χ4n) is 1.77. The van der Waals surface area contributed by atoms with Crippen molar-refractivity contribution in [2.75, 3.05) is 6.54 Å². The lowest BCUT2D eigenvalue weighted by Gasteiger charge is -2.06. The lowest BCUT2D eigenvalue weighted by Crippen LogP contribution is -2.03. The molecule has 22 heavy (non-hydrogen) atoms. The number of aliphatic imine (C=N–C) groups is 1. The Labute approximate surface area is 136 Å². The van der Waals surface area contributed by atoms with Gasteiger partial charge in [-0.3, -0.25) is 19.9 Å². The summed E-state index contributed by atoms with van der Waals surface area (Å²) < 4.78 is 0. The van der Waals surface area contributed by atoms with Crippen LogP contribution in [-0.2, 0) is 0 Å². The van der Waals surface area contributed by atoms with Crippen molar-refractivity contribution >= 4 is 40.9 Å². The van der Waals surface area contributed by atoms with Gasteiger partial charge in [-0.2, -0.15) is 0 Å². The zero-order valence-corrected chi connectivity index (χ0v) is 12.7. The van der Waals surface area contributed by atoms with Crippen LogP contribution in [0.5, 0.6) is 0 Å². The van der Waals surface area contributed by atoms with E-state index in [4.69, 9.17) is 23.2 Å². The molecule has 0 saturated heterocycles. The molecule has 2 rings (SSSR count). The number of nitrogens with zero attached hydrogens (tertiary/aromatic N) is 2. The molecule has 0 aromatic heterocycles. The van der Waals surface area contributed by atoms with E-state index in [0.29, 0.717) is 21.3 Å². The summed E-state index contributed by atoms with van der Waals surface area (Å²) in [6, 6.07) is 11.0. The largest absolute Gasteiger partial charge is 0.289 e. The minimum atomic E-state index is -0.514. The molecule has 0 amide bonds. The monoisotopic (exact) mass is 336 g/mol. The highest BCUT2D eigenvalue weighted by Crippen LogP contribution is 2.26. The third kappa shape index (κ3) is 4.13. The Morgan fingerprint density at radius 3 is 2.41 bits per heavy atom. The van der Waals surface area contributed by atoms with Crippen molar-refractivity contribution < 1.29 is 9.72 Å². The van der Waals surface area contributed by atoms with Gasteiger partial charge in [-0.25, -0.2) is 0 Å². The molecular formula is C15H10Cl2N2O3. The second kappa shape index (κ2) is 7.15. The molecule has 0 radical (unpaired) electrons. The first-order valence-corrected chi connectivity index (χ1v) is 6.97. The minimum Gasteiger partial charge on any atom is -0.289 e. The number of ketones is 1. The molecule has 5 nitrogen and oxygen atoms in total. The van der Waals surface area contributed by atoms with E-state index in [2.05, 4.69) is 4.99 Å². The number of nitro groups is 1. The van der Waals surface area contributed by atoms with Crippen molar-refractivity contribution in [2.24, 2.45) is 4.99 Å². The van der Waals surface area contributed by atoms with Crippen LogP contribution < -0.4 is 0 Å². The van der Waals surface area contributed by atoms with Crippen molar-refractivity contribution in [3.05, 3.63) is 73.8 Å². The fraction of sp³-hybridized carbons (Fsp3) is 0.0667. The summed E-state index contributed by atoms with van der Waals surface area (Å²) in [5, 5.41) is 11.2. The van der Waals surface area contributed by atoms with E-state index in [-0.39, 0.29) is 11.3 Å². The van der Waals surface area contributed by atoms with Crippen LogP contribution in [-0.4, -0.2) is 23.5 Å². The number of carbonyl (C=O) groups excluding carboxylic acids is 1. The van der Waals surface area contributed by atoms with Crippen LogP contribution in [0.3, 0.4) is 0 Å². The highest BCUT2D eigenvalue weighted by atomic mass is 35.5. The molecule has 2 aromatic rings. The van der Waals surface area contributed by atoms with Gasteiger partial charge in [0.25, 0.3) is 0 Å². The van der Waals surface area contributed by atoms with E-state index in [1.165, 1.54) is 6.07 Å². The normalized spacial score (nSPS) is 10.8. The topological polar surface area (TPSA) is 72.6 Å². The van der Waals surface area contributed by atoms with Gasteiger partial charge in [0.1, 0.15) is 0 Å². The fourth-order valence-corrected chi connectivity index (χ4v) is 2.06. The van der Waals surface area contributed by atoms with E-state index < -0.39 is 11.5 Å². The molecule has 0 N–H and O–H groups in total. The predicted octanol–water partition coefficient (Wildman–Crippen LogP) is 4.20. The van der Waals surface area contributed by atoms with E-state index in [1.807, 2.05) is 0 Å². The van der Waals surface area contributed by atoms with Crippen LogP contribution >= 0.6 is 23.2 Å². The summed E-state index contributed by atoms with van der Waals surface area (Å²) in [7, 11) is 0. The number of halogens is 2. The van der Waals surface area contributed by atoms with Gasteiger partial charge in [0.2, 0.25) is 6.54 Å². The molecular weight excluding hydrogens is 327 g/mol. The molecule has 112 valence electrons. The summed E-state index contributed by atoms with van der Waals surface area (Å²) in [6.45, 7) is -0.419. The van der Waals surface area contributed by atoms with Gasteiger partial charge in [-0.15, -0.1) is 0 Å². The minimum absolute atomic E-state index is 0.273. The van der Waals surface area contributed by atoms with Crippen LogP contribution in [0.1, 0.15) is 15.9 Å². The van der Waals surface area contributed by atoms with E-state index >= 15 is 0 Å². The Morgan fingerprint density at radius 1 is 1.14 bits per heavy atom. The van der Waals surface area contributed by atoms with Gasteiger partial charge < -0.3 is 0 Å². The smallest absolute Gasteiger partial charge is 0.238 e. The predicted molar refractivity (Wildman–Crippen MR) is 86.3 cm³/mol. The first kappa shape index (κ1) is 16.1. The second-order valence-corrected chi connectivity index (χ2v) is 5.20. The molecule has 0 fully saturated rings. The Kier molecular flexibility index (Phi) is 5.25. The van der Waals surface area contributed by atoms with Crippen LogP contribution in [0.15, 0.2) is 47.5 Å². The number of benzene rings is 2. The van der Waals surface area contributed by atoms with Gasteiger partial charge in [0.15, 0.2) is 5.78 Å². The molecule has 7 heteroatoms. The van der Waals surface area contributed by atoms with Crippen molar-refractivity contribution in [3.63, 3.8) is 0 Å². The highest BCUT2D eigenvalue weighted by molar-refractivity contribution is 6.31. The van der Waals surface area contributed by atoms with E-state index in [0.717, 1.165) is 6.21 Å². The maximum atomic E-state index is 12.5. The molecule has 0 aliphatic heterocycles. The van der Waals surface area contributed by atoms with Gasteiger partial charge in [0, 0.05) is 26.1 Å². The lowest BCUT2D eigenvalue weighted by molar-refractivity contribution is -0.462. The Bertz CT molecular complexity index is 743. The SMILES string of the molecule is O=C(c1ccc(Cl)cc1)c1cc(Cl)ccc1N=CC[N+](=O)[O-]. The summed E-state index contributed by atoms with van der Waals surface area (Å²) in [6.07, 6.45) is 1.14. The number of rotatable bonds is 5. The molecule has 0 aliphatic carbocycles. The first-order chi connectivity index (χ1) is 10.5. The summed E-state index contributed by atoms with van der Waals surface area (Å²) in [5.41, 5.74) is 1.03. The maximum Gasteiger partial charge on any atom is 0.238 e. The number of carbonyl (C=O) groups is 1. The standard InChI is InChI=1S/C15H10Cl2N2O3/c16-11-3-1-10(2-4-11)15(20)13-9-12(17)5-6-14(13)18-7-8-19(21)22/h1-7,9H,8H2. The van der Waals surface area contributed by atoms with Crippen LogP contribution in [0, 0.1) is 10.1 Å². The van der Waals surface area contributed by atoms with E-state index in [1.54, 1.807) is 36.4 Å². The zero-order valence-electron chi connectivity index (χ0n) is 11.2. The molecule has 2 aromatic carbocycles. The summed E-state index contributed by atoms with van der Waals surface area (Å²) in [4.78, 5) is 26.3. The van der Waals surface area contributed by atoms with Crippen LogP contribution in [0.2, 0.25) is 10.0 Å². The van der Waals surface area contributed by atoms with Crippen molar-refractivity contribution in [1.82, 2.24) is 0 Å². The van der Waals surface area contributed by atoms with Gasteiger partial charge in [-0.1, -0.05) is 23.2 Å². The first-order valence-electron chi connectivity index (χ1n) is 6.21. The quantitative estimate of drug-likeness (QED) is 0.355. The average molecular weight is 337 g/mol. The maximum absolute atomic E-state index is 12.5. The summed E-state index contributed by atoms with van der Waals surface area (Å²) in [5.74, 6) is -0.285.